The van der Waals surface area contributed by atoms with E-state index in [1.54, 1.807) is 27.7 Å². The second-order valence-corrected chi connectivity index (χ2v) is 7.34. The van der Waals surface area contributed by atoms with Crippen molar-refractivity contribution in [2.45, 2.75) is 65.0 Å². The third-order valence-corrected chi connectivity index (χ3v) is 3.92. The van der Waals surface area contributed by atoms with Crippen LogP contribution in [0.25, 0.3) is 0 Å². The van der Waals surface area contributed by atoms with Crippen molar-refractivity contribution in [3.8, 4) is 0 Å². The van der Waals surface area contributed by atoms with Gasteiger partial charge in [-0.1, -0.05) is 36.9 Å². The van der Waals surface area contributed by atoms with E-state index in [2.05, 4.69) is 6.58 Å². The van der Waals surface area contributed by atoms with Gasteiger partial charge in [0.05, 0.1) is 6.10 Å². The molecule has 0 aliphatic carbocycles. The van der Waals surface area contributed by atoms with Crippen molar-refractivity contribution in [3.63, 3.8) is 0 Å². The predicted molar refractivity (Wildman–Crippen MR) is 97.5 cm³/mol. The topological polar surface area (TPSA) is 89.5 Å². The normalized spacial score (nSPS) is 24.2. The molecule has 1 saturated heterocycles. The molecule has 0 bridgehead atoms. The molecule has 0 spiro atoms. The van der Waals surface area contributed by atoms with Crippen molar-refractivity contribution < 1.29 is 38.3 Å². The summed E-state index contributed by atoms with van der Waals surface area (Å²) in [5.74, 6) is -4.77. The Balaban J connectivity index is 2.16. The van der Waals surface area contributed by atoms with Gasteiger partial charge >= 0.3 is 23.9 Å². The lowest BCUT2D eigenvalue weighted by Crippen LogP contribution is -2.71. The molecule has 154 valence electrons. The first kappa shape index (κ1) is 21.9. The lowest BCUT2D eigenvalue weighted by atomic mass is 9.98. The summed E-state index contributed by atoms with van der Waals surface area (Å²) in [5.41, 5.74) is -0.103. The molecule has 1 fully saturated rings. The van der Waals surface area contributed by atoms with E-state index in [1.807, 2.05) is 30.3 Å². The number of esters is 1. The number of carbonyl (C=O) groups excluding carboxylic acids is 2. The van der Waals surface area contributed by atoms with Crippen molar-refractivity contribution in [2.75, 3.05) is 0 Å². The zero-order chi connectivity index (χ0) is 21.2. The molecule has 1 heterocycles. The number of benzene rings is 1. The molecule has 2 unspecified atom stereocenters. The molecule has 0 N–H and O–H groups in total. The highest BCUT2D eigenvalue weighted by Gasteiger charge is 2.71. The molecule has 0 saturated carbocycles. The van der Waals surface area contributed by atoms with Gasteiger partial charge in [0, 0.05) is 12.5 Å². The van der Waals surface area contributed by atoms with Crippen LogP contribution in [-0.2, 0) is 39.1 Å². The fourth-order valence-electron chi connectivity index (χ4n) is 2.37. The van der Waals surface area contributed by atoms with Crippen LogP contribution in [0.4, 0.5) is 4.79 Å². The van der Waals surface area contributed by atoms with Crippen molar-refractivity contribution >= 4 is 12.1 Å². The van der Waals surface area contributed by atoms with Crippen LogP contribution in [0.5, 0.6) is 0 Å². The standard InChI is InChI=1S/C20H26O8/c1-13(2)16(21)24-20(23-14(3)4)19(7,27-28-20)26-17(22)25-18(5,6)15-11-9-8-10-12-15/h8-12,14H,1H2,2-7H3. The molecule has 8 heteroatoms. The van der Waals surface area contributed by atoms with Gasteiger partial charge in [0.25, 0.3) is 0 Å². The third-order valence-electron chi connectivity index (χ3n) is 3.92. The second-order valence-electron chi connectivity index (χ2n) is 7.34. The van der Waals surface area contributed by atoms with E-state index in [-0.39, 0.29) is 5.57 Å². The summed E-state index contributed by atoms with van der Waals surface area (Å²) in [5, 5.41) is 0. The maximum atomic E-state index is 12.4. The lowest BCUT2D eigenvalue weighted by Gasteiger charge is -2.49. The van der Waals surface area contributed by atoms with Gasteiger partial charge in [-0.2, -0.15) is 4.89 Å². The maximum Gasteiger partial charge on any atom is 0.512 e. The average molecular weight is 394 g/mol. The molecule has 0 amide bonds. The van der Waals surface area contributed by atoms with E-state index >= 15 is 0 Å². The average Bonchev–Trinajstić information content (AvgIpc) is 2.59. The Bertz CT molecular complexity index is 742. The molecule has 0 aromatic heterocycles. The highest BCUT2D eigenvalue weighted by atomic mass is 17.3. The zero-order valence-corrected chi connectivity index (χ0v) is 16.9. The minimum atomic E-state index is -2.09. The summed E-state index contributed by atoms with van der Waals surface area (Å²) in [6.45, 7) is 13.1. The first-order valence-corrected chi connectivity index (χ1v) is 8.82. The minimum Gasteiger partial charge on any atom is -0.423 e. The van der Waals surface area contributed by atoms with Crippen LogP contribution < -0.4 is 0 Å². The van der Waals surface area contributed by atoms with Gasteiger partial charge in [0.1, 0.15) is 5.60 Å². The number of hydrogen-bond donors (Lipinski definition) is 0. The van der Waals surface area contributed by atoms with Gasteiger partial charge < -0.3 is 18.9 Å². The molecular weight excluding hydrogens is 368 g/mol. The van der Waals surface area contributed by atoms with Gasteiger partial charge in [0.2, 0.25) is 0 Å². The summed E-state index contributed by atoms with van der Waals surface area (Å²) in [6, 6.07) is 9.15. The van der Waals surface area contributed by atoms with Crippen LogP contribution in [0.1, 0.15) is 47.1 Å². The molecule has 28 heavy (non-hydrogen) atoms. The van der Waals surface area contributed by atoms with Gasteiger partial charge in [-0.05, 0) is 40.2 Å². The first-order chi connectivity index (χ1) is 12.9. The Kier molecular flexibility index (Phi) is 6.18. The molecule has 1 aromatic carbocycles. The predicted octanol–water partition coefficient (Wildman–Crippen LogP) is 3.95. The number of ether oxygens (including phenoxy) is 4. The molecule has 8 nitrogen and oxygen atoms in total. The monoisotopic (exact) mass is 394 g/mol. The van der Waals surface area contributed by atoms with Crippen LogP contribution in [0, 0.1) is 0 Å². The third kappa shape index (κ3) is 4.52. The second kappa shape index (κ2) is 7.90. The van der Waals surface area contributed by atoms with Crippen molar-refractivity contribution in [3.05, 3.63) is 48.0 Å². The summed E-state index contributed by atoms with van der Waals surface area (Å²) in [6.07, 6.45) is -1.50. The molecular formula is C20H26O8. The Hall–Kier alpha value is -2.42. The zero-order valence-electron chi connectivity index (χ0n) is 16.9. The lowest BCUT2D eigenvalue weighted by molar-refractivity contribution is -0.698. The van der Waals surface area contributed by atoms with E-state index in [0.29, 0.717) is 0 Å². The van der Waals surface area contributed by atoms with Crippen LogP contribution >= 0.6 is 0 Å². The quantitative estimate of drug-likeness (QED) is 0.297. The Morgan fingerprint density at radius 2 is 1.71 bits per heavy atom. The minimum absolute atomic E-state index is 0.109. The smallest absolute Gasteiger partial charge is 0.423 e. The number of rotatable bonds is 7. The Labute approximate surface area is 164 Å². The van der Waals surface area contributed by atoms with Gasteiger partial charge in [-0.3, -0.25) is 0 Å². The molecule has 1 aliphatic heterocycles. The largest absolute Gasteiger partial charge is 0.512 e. The molecule has 0 radical (unpaired) electrons. The SMILES string of the molecule is C=C(C)C(=O)OC1(OC(C)C)OOC1(C)OC(=O)OC(C)(C)c1ccccc1. The Morgan fingerprint density at radius 1 is 1.11 bits per heavy atom. The van der Waals surface area contributed by atoms with Gasteiger partial charge in [0.15, 0.2) is 0 Å². The number of carbonyl (C=O) groups is 2. The summed E-state index contributed by atoms with van der Waals surface area (Å²) < 4.78 is 21.5. The van der Waals surface area contributed by atoms with Crippen LogP contribution in [0.2, 0.25) is 0 Å². The van der Waals surface area contributed by atoms with Gasteiger partial charge in [-0.25, -0.2) is 9.59 Å². The fraction of sp³-hybridized carbons (Fsp3) is 0.500. The first-order valence-electron chi connectivity index (χ1n) is 8.82. The molecule has 1 aliphatic rings. The van der Waals surface area contributed by atoms with Gasteiger partial charge in [-0.15, -0.1) is 4.89 Å². The Morgan fingerprint density at radius 3 is 2.18 bits per heavy atom. The molecule has 2 atom stereocenters. The van der Waals surface area contributed by atoms with Crippen LogP contribution in [0.3, 0.4) is 0 Å². The van der Waals surface area contributed by atoms with E-state index in [9.17, 15) is 9.59 Å². The van der Waals surface area contributed by atoms with Crippen molar-refractivity contribution in [1.29, 1.82) is 0 Å². The van der Waals surface area contributed by atoms with Crippen molar-refractivity contribution in [1.82, 2.24) is 0 Å². The summed E-state index contributed by atoms with van der Waals surface area (Å²) in [4.78, 5) is 34.3. The number of hydrogen-bond acceptors (Lipinski definition) is 8. The molecule has 2 rings (SSSR count). The van der Waals surface area contributed by atoms with E-state index in [4.69, 9.17) is 28.7 Å². The highest BCUT2D eigenvalue weighted by molar-refractivity contribution is 5.87. The van der Waals surface area contributed by atoms with E-state index in [0.717, 1.165) is 5.56 Å². The van der Waals surface area contributed by atoms with E-state index in [1.165, 1.54) is 13.8 Å². The fourth-order valence-corrected chi connectivity index (χ4v) is 2.37. The highest BCUT2D eigenvalue weighted by Crippen LogP contribution is 2.45. The van der Waals surface area contributed by atoms with Crippen molar-refractivity contribution in [2.24, 2.45) is 0 Å². The summed E-state index contributed by atoms with van der Waals surface area (Å²) in [7, 11) is 0. The molecule has 1 aromatic rings. The van der Waals surface area contributed by atoms with Crippen LogP contribution in [-0.4, -0.2) is 30.0 Å². The summed E-state index contributed by atoms with van der Waals surface area (Å²) >= 11 is 0. The van der Waals surface area contributed by atoms with E-state index < -0.39 is 35.6 Å². The maximum absolute atomic E-state index is 12.4. The van der Waals surface area contributed by atoms with Crippen LogP contribution in [0.15, 0.2) is 42.5 Å².